The minimum atomic E-state index is 0.571. The summed E-state index contributed by atoms with van der Waals surface area (Å²) in [5, 5.41) is 0. The van der Waals surface area contributed by atoms with Crippen LogP contribution in [0.2, 0.25) is 0 Å². The fourth-order valence-corrected chi connectivity index (χ4v) is 3.55. The highest BCUT2D eigenvalue weighted by molar-refractivity contribution is 9.12. The quantitative estimate of drug-likeness (QED) is 0.523. The molecule has 3 rings (SSSR count). The van der Waals surface area contributed by atoms with Gasteiger partial charge in [-0.15, -0.1) is 0 Å². The van der Waals surface area contributed by atoms with Gasteiger partial charge in [0, 0.05) is 21.3 Å². The molecule has 3 fully saturated rings. The summed E-state index contributed by atoms with van der Waals surface area (Å²) in [6, 6.07) is 0. The predicted molar refractivity (Wildman–Crippen MR) is 43.5 cm³/mol. The first kappa shape index (κ1) is 5.66. The van der Waals surface area contributed by atoms with E-state index in [1.165, 1.54) is 19.3 Å². The van der Waals surface area contributed by atoms with Crippen LogP contribution >= 0.6 is 15.9 Å². The lowest BCUT2D eigenvalue weighted by molar-refractivity contribution is 0.307. The second kappa shape index (κ2) is 1.46. The van der Waals surface area contributed by atoms with Crippen LogP contribution in [0.4, 0.5) is 0 Å². The van der Waals surface area contributed by atoms with Gasteiger partial charge in [-0.25, -0.2) is 0 Å². The highest BCUT2D eigenvalue weighted by atomic mass is 79.9. The average molecular weight is 197 g/mol. The summed E-state index contributed by atoms with van der Waals surface area (Å²) in [5.41, 5.74) is 0.571. The molecular formula is C9H9Br. The average Bonchev–Trinajstić information content (AvgIpc) is 2.80. The van der Waals surface area contributed by atoms with Gasteiger partial charge in [0.05, 0.1) is 0 Å². The molecule has 0 amide bonds. The standard InChI is InChI=1S/C9H9Br/c10-5-4-9-6-2-1-3-7(9)8(6)9/h6-8H,1-3H2. The van der Waals surface area contributed by atoms with E-state index >= 15 is 0 Å². The van der Waals surface area contributed by atoms with Crippen LogP contribution in [-0.2, 0) is 0 Å². The van der Waals surface area contributed by atoms with Gasteiger partial charge in [-0.1, -0.05) is 12.3 Å². The SMILES string of the molecule is BrC#CC12C3CCCC1C32. The Kier molecular flexibility index (Phi) is 0.824. The number of hydrogen-bond acceptors (Lipinski definition) is 0. The normalized spacial score (nSPS) is 59.9. The first-order valence-corrected chi connectivity index (χ1v) is 4.83. The van der Waals surface area contributed by atoms with Gasteiger partial charge in [0.15, 0.2) is 0 Å². The van der Waals surface area contributed by atoms with E-state index < -0.39 is 0 Å². The van der Waals surface area contributed by atoms with E-state index in [-0.39, 0.29) is 0 Å². The number of halogens is 1. The number of fused-ring (bicyclic) bond motifs is 2. The summed E-state index contributed by atoms with van der Waals surface area (Å²) >= 11 is 3.20. The molecule has 0 saturated heterocycles. The molecule has 3 saturated carbocycles. The second-order valence-corrected chi connectivity index (χ2v) is 4.22. The number of hydrogen-bond donors (Lipinski definition) is 0. The zero-order chi connectivity index (χ0) is 6.77. The van der Waals surface area contributed by atoms with Crippen LogP contribution in [0, 0.1) is 33.9 Å². The van der Waals surface area contributed by atoms with Gasteiger partial charge in [-0.05, 0) is 35.4 Å². The molecule has 52 valence electrons. The molecule has 10 heavy (non-hydrogen) atoms. The molecule has 0 aromatic carbocycles. The third-order valence-corrected chi connectivity index (χ3v) is 3.92. The van der Waals surface area contributed by atoms with Crippen molar-refractivity contribution in [1.29, 1.82) is 0 Å². The van der Waals surface area contributed by atoms with Gasteiger partial charge in [-0.3, -0.25) is 0 Å². The molecule has 0 N–H and O–H groups in total. The molecule has 0 radical (unpaired) electrons. The van der Waals surface area contributed by atoms with Crippen molar-refractivity contribution < 1.29 is 0 Å². The van der Waals surface area contributed by atoms with Crippen molar-refractivity contribution in [2.75, 3.05) is 0 Å². The Labute approximate surface area is 69.5 Å². The van der Waals surface area contributed by atoms with Crippen LogP contribution < -0.4 is 0 Å². The van der Waals surface area contributed by atoms with Crippen molar-refractivity contribution >= 4 is 15.9 Å². The molecule has 0 aromatic heterocycles. The Bertz CT molecular complexity index is 224. The molecule has 0 bridgehead atoms. The van der Waals surface area contributed by atoms with Gasteiger partial charge in [0.1, 0.15) is 0 Å². The van der Waals surface area contributed by atoms with Crippen molar-refractivity contribution in [2.45, 2.75) is 19.3 Å². The smallest absolute Gasteiger partial charge is 0.0420 e. The second-order valence-electron chi connectivity index (χ2n) is 3.82. The lowest BCUT2D eigenvalue weighted by atomic mass is 9.83. The summed E-state index contributed by atoms with van der Waals surface area (Å²) < 4.78 is 0. The van der Waals surface area contributed by atoms with E-state index in [9.17, 15) is 0 Å². The first-order chi connectivity index (χ1) is 4.91. The molecular weight excluding hydrogens is 188 g/mol. The topological polar surface area (TPSA) is 0 Å². The van der Waals surface area contributed by atoms with Crippen LogP contribution in [0.15, 0.2) is 0 Å². The molecule has 0 spiro atoms. The number of rotatable bonds is 0. The van der Waals surface area contributed by atoms with Crippen molar-refractivity contribution in [3.8, 4) is 10.8 Å². The Balaban J connectivity index is 1.92. The van der Waals surface area contributed by atoms with Gasteiger partial charge in [0.2, 0.25) is 0 Å². The van der Waals surface area contributed by atoms with Gasteiger partial charge < -0.3 is 0 Å². The van der Waals surface area contributed by atoms with E-state index in [0.29, 0.717) is 5.41 Å². The Morgan fingerprint density at radius 1 is 1.30 bits per heavy atom. The molecule has 1 heteroatoms. The van der Waals surface area contributed by atoms with E-state index in [4.69, 9.17) is 0 Å². The molecule has 0 heterocycles. The van der Waals surface area contributed by atoms with Gasteiger partial charge in [0.25, 0.3) is 0 Å². The summed E-state index contributed by atoms with van der Waals surface area (Å²) in [4.78, 5) is 2.90. The summed E-state index contributed by atoms with van der Waals surface area (Å²) in [6.07, 6.45) is 4.39. The highest BCUT2D eigenvalue weighted by Crippen LogP contribution is 2.88. The first-order valence-electron chi connectivity index (χ1n) is 4.04. The molecule has 3 aliphatic rings. The molecule has 2 unspecified atom stereocenters. The minimum absolute atomic E-state index is 0.571. The maximum Gasteiger partial charge on any atom is 0.0420 e. The third-order valence-electron chi connectivity index (χ3n) is 3.72. The molecule has 0 nitrogen and oxygen atoms in total. The van der Waals surface area contributed by atoms with Crippen LogP contribution in [0.25, 0.3) is 0 Å². The monoisotopic (exact) mass is 196 g/mol. The van der Waals surface area contributed by atoms with Gasteiger partial charge >= 0.3 is 0 Å². The van der Waals surface area contributed by atoms with E-state index in [2.05, 4.69) is 26.7 Å². The molecule has 3 aliphatic carbocycles. The van der Waals surface area contributed by atoms with Crippen molar-refractivity contribution in [3.63, 3.8) is 0 Å². The third kappa shape index (κ3) is 0.388. The summed E-state index contributed by atoms with van der Waals surface area (Å²) in [6.45, 7) is 0. The van der Waals surface area contributed by atoms with Crippen molar-refractivity contribution in [3.05, 3.63) is 0 Å². The van der Waals surface area contributed by atoms with Crippen LogP contribution in [0.1, 0.15) is 19.3 Å². The maximum absolute atomic E-state index is 3.34. The fraction of sp³-hybridized carbons (Fsp3) is 0.778. The Morgan fingerprint density at radius 2 is 2.00 bits per heavy atom. The summed E-state index contributed by atoms with van der Waals surface area (Å²) in [7, 11) is 0. The van der Waals surface area contributed by atoms with Crippen molar-refractivity contribution in [1.82, 2.24) is 0 Å². The molecule has 0 aromatic rings. The van der Waals surface area contributed by atoms with E-state index in [0.717, 1.165) is 17.8 Å². The molecule has 2 atom stereocenters. The fourth-order valence-electron chi connectivity index (χ4n) is 3.21. The lowest BCUT2D eigenvalue weighted by Gasteiger charge is -2.21. The highest BCUT2D eigenvalue weighted by Gasteiger charge is 2.86. The maximum atomic E-state index is 3.34. The van der Waals surface area contributed by atoms with Gasteiger partial charge in [-0.2, -0.15) is 0 Å². The zero-order valence-electron chi connectivity index (χ0n) is 5.73. The largest absolute Gasteiger partial charge is 0.0830 e. The van der Waals surface area contributed by atoms with E-state index in [1.54, 1.807) is 0 Å². The van der Waals surface area contributed by atoms with Crippen LogP contribution in [0.3, 0.4) is 0 Å². The summed E-state index contributed by atoms with van der Waals surface area (Å²) in [5.74, 6) is 6.43. The predicted octanol–water partition coefficient (Wildman–Crippen LogP) is 2.39. The lowest BCUT2D eigenvalue weighted by Crippen LogP contribution is -2.14. The van der Waals surface area contributed by atoms with Crippen molar-refractivity contribution in [2.24, 2.45) is 23.2 Å². The minimum Gasteiger partial charge on any atom is -0.0830 e. The van der Waals surface area contributed by atoms with Crippen LogP contribution in [-0.4, -0.2) is 0 Å². The Morgan fingerprint density at radius 3 is 2.50 bits per heavy atom. The Hall–Kier alpha value is 0.0400. The van der Waals surface area contributed by atoms with E-state index in [1.807, 2.05) is 0 Å². The molecule has 0 aliphatic heterocycles. The van der Waals surface area contributed by atoms with Crippen LogP contribution in [0.5, 0.6) is 0 Å². The zero-order valence-corrected chi connectivity index (χ0v) is 7.32.